The maximum atomic E-state index is 9.84. The van der Waals surface area contributed by atoms with Crippen LogP contribution in [0.4, 0.5) is 0 Å². The lowest BCUT2D eigenvalue weighted by molar-refractivity contribution is 0.120. The summed E-state index contributed by atoms with van der Waals surface area (Å²) < 4.78 is 0. The van der Waals surface area contributed by atoms with Crippen molar-refractivity contribution < 1.29 is 15.3 Å². The topological polar surface area (TPSA) is 86.7 Å². The lowest BCUT2D eigenvalue weighted by Gasteiger charge is -2.21. The minimum absolute atomic E-state index is 0.0215. The summed E-state index contributed by atoms with van der Waals surface area (Å²) in [5, 5.41) is 28.6. The third-order valence-corrected chi connectivity index (χ3v) is 2.50. The molecule has 0 saturated carbocycles. The van der Waals surface area contributed by atoms with Crippen molar-refractivity contribution in [3.05, 3.63) is 23.8 Å². The molecule has 1 aromatic rings. The van der Waals surface area contributed by atoms with Gasteiger partial charge in [0, 0.05) is 11.6 Å². The molecule has 16 heavy (non-hydrogen) atoms. The largest absolute Gasteiger partial charge is 0.508 e. The van der Waals surface area contributed by atoms with Gasteiger partial charge in [-0.2, -0.15) is 0 Å². The number of benzene rings is 1. The lowest BCUT2D eigenvalue weighted by atomic mass is 9.95. The summed E-state index contributed by atoms with van der Waals surface area (Å²) in [5.41, 5.74) is 6.30. The normalized spacial score (nSPS) is 15.1. The average Bonchev–Trinajstić information content (AvgIpc) is 2.15. The quantitative estimate of drug-likeness (QED) is 0.625. The molecule has 5 N–H and O–H groups in total. The van der Waals surface area contributed by atoms with E-state index in [0.717, 1.165) is 0 Å². The molecule has 0 bridgehead atoms. The highest BCUT2D eigenvalue weighted by Crippen LogP contribution is 2.29. The summed E-state index contributed by atoms with van der Waals surface area (Å²) in [6.07, 6.45) is -0.128. The fourth-order valence-electron chi connectivity index (χ4n) is 1.65. The number of hydrogen-bond acceptors (Lipinski definition) is 4. The van der Waals surface area contributed by atoms with Crippen LogP contribution in [-0.4, -0.2) is 21.4 Å². The van der Waals surface area contributed by atoms with Gasteiger partial charge in [-0.1, -0.05) is 13.8 Å². The molecule has 4 nitrogen and oxygen atoms in total. The van der Waals surface area contributed by atoms with Gasteiger partial charge >= 0.3 is 0 Å². The first kappa shape index (κ1) is 12.8. The molecule has 0 aliphatic rings. The fraction of sp³-hybridized carbons (Fsp3) is 0.500. The predicted molar refractivity (Wildman–Crippen MR) is 62.2 cm³/mol. The van der Waals surface area contributed by atoms with E-state index in [1.165, 1.54) is 18.2 Å². The van der Waals surface area contributed by atoms with Gasteiger partial charge in [0.25, 0.3) is 0 Å². The molecule has 1 aromatic carbocycles. The molecule has 0 unspecified atom stereocenters. The second-order valence-corrected chi connectivity index (χ2v) is 4.47. The molecule has 0 saturated heterocycles. The molecular formula is C12H19NO3. The summed E-state index contributed by atoms with van der Waals surface area (Å²) in [5.74, 6) is 0.224. The zero-order chi connectivity index (χ0) is 12.3. The number of phenolic OH excluding ortho intramolecular Hbond substituents is 2. The van der Waals surface area contributed by atoms with E-state index < -0.39 is 12.1 Å². The van der Waals surface area contributed by atoms with Crippen LogP contribution in [0.2, 0.25) is 0 Å². The van der Waals surface area contributed by atoms with Gasteiger partial charge in [0.15, 0.2) is 0 Å². The number of aromatic hydroxyl groups is 2. The first-order chi connectivity index (χ1) is 7.41. The Bertz CT molecular complexity index is 352. The Balaban J connectivity index is 2.83. The zero-order valence-corrected chi connectivity index (χ0v) is 9.59. The van der Waals surface area contributed by atoms with Gasteiger partial charge in [0.05, 0.1) is 12.1 Å². The first-order valence-electron chi connectivity index (χ1n) is 5.37. The smallest absolute Gasteiger partial charge is 0.124 e. The van der Waals surface area contributed by atoms with Crippen molar-refractivity contribution in [2.24, 2.45) is 11.7 Å². The third-order valence-electron chi connectivity index (χ3n) is 2.50. The number of nitrogens with two attached hydrogens (primary N) is 1. The van der Waals surface area contributed by atoms with Crippen LogP contribution in [0.15, 0.2) is 18.2 Å². The van der Waals surface area contributed by atoms with Gasteiger partial charge in [-0.3, -0.25) is 0 Å². The highest BCUT2D eigenvalue weighted by molar-refractivity contribution is 5.41. The molecular weight excluding hydrogens is 206 g/mol. The Morgan fingerprint density at radius 3 is 2.38 bits per heavy atom. The van der Waals surface area contributed by atoms with Crippen LogP contribution in [-0.2, 0) is 0 Å². The van der Waals surface area contributed by atoms with Crippen molar-refractivity contribution in [1.29, 1.82) is 0 Å². The van der Waals surface area contributed by atoms with E-state index in [2.05, 4.69) is 0 Å². The minimum atomic E-state index is -0.699. The van der Waals surface area contributed by atoms with Gasteiger partial charge < -0.3 is 21.1 Å². The van der Waals surface area contributed by atoms with Crippen LogP contribution in [0.5, 0.6) is 11.5 Å². The summed E-state index contributed by atoms with van der Waals surface area (Å²) in [4.78, 5) is 0. The lowest BCUT2D eigenvalue weighted by Crippen LogP contribution is -2.27. The molecule has 0 heterocycles. The monoisotopic (exact) mass is 225 g/mol. The molecule has 90 valence electrons. The molecule has 0 fully saturated rings. The standard InChI is InChI=1S/C12H19NO3/c1-7(2)5-11(16)12(13)9-4-3-8(14)6-10(9)15/h3-4,6-7,11-12,14-16H,5,13H2,1-2H3/t11-,12+/m1/s1. The summed E-state index contributed by atoms with van der Waals surface area (Å²) in [6, 6.07) is 3.55. The van der Waals surface area contributed by atoms with Crippen molar-refractivity contribution >= 4 is 0 Å². The Hall–Kier alpha value is -1.26. The van der Waals surface area contributed by atoms with Crippen molar-refractivity contribution in [2.45, 2.75) is 32.4 Å². The number of aliphatic hydroxyl groups is 1. The number of aliphatic hydroxyl groups excluding tert-OH is 1. The van der Waals surface area contributed by atoms with Gasteiger partial charge in [0.2, 0.25) is 0 Å². The number of hydrogen-bond donors (Lipinski definition) is 4. The summed E-state index contributed by atoms with van der Waals surface area (Å²) in [7, 11) is 0. The van der Waals surface area contributed by atoms with E-state index >= 15 is 0 Å². The summed E-state index contributed by atoms with van der Waals surface area (Å²) >= 11 is 0. The first-order valence-corrected chi connectivity index (χ1v) is 5.37. The average molecular weight is 225 g/mol. The van der Waals surface area contributed by atoms with E-state index in [9.17, 15) is 10.2 Å². The van der Waals surface area contributed by atoms with Crippen molar-refractivity contribution in [3.63, 3.8) is 0 Å². The van der Waals surface area contributed by atoms with E-state index in [1.54, 1.807) is 0 Å². The maximum Gasteiger partial charge on any atom is 0.124 e. The number of rotatable bonds is 4. The van der Waals surface area contributed by atoms with E-state index in [1.807, 2.05) is 13.8 Å². The molecule has 0 aliphatic carbocycles. The second-order valence-electron chi connectivity index (χ2n) is 4.47. The van der Waals surface area contributed by atoms with Crippen molar-refractivity contribution in [1.82, 2.24) is 0 Å². The van der Waals surface area contributed by atoms with Gasteiger partial charge in [-0.05, 0) is 24.5 Å². The number of phenols is 2. The molecule has 0 radical (unpaired) electrons. The van der Waals surface area contributed by atoms with E-state index in [0.29, 0.717) is 17.9 Å². The molecule has 0 spiro atoms. The zero-order valence-electron chi connectivity index (χ0n) is 9.59. The second kappa shape index (κ2) is 5.18. The van der Waals surface area contributed by atoms with Crippen LogP contribution in [0.1, 0.15) is 31.9 Å². The predicted octanol–water partition coefficient (Wildman–Crippen LogP) is 1.50. The van der Waals surface area contributed by atoms with Crippen LogP contribution < -0.4 is 5.73 Å². The molecule has 0 aliphatic heterocycles. The molecule has 0 amide bonds. The van der Waals surface area contributed by atoms with Crippen LogP contribution in [0.25, 0.3) is 0 Å². The molecule has 1 rings (SSSR count). The summed E-state index contributed by atoms with van der Waals surface area (Å²) in [6.45, 7) is 3.99. The maximum absolute atomic E-state index is 9.84. The van der Waals surface area contributed by atoms with Gasteiger partial charge in [-0.25, -0.2) is 0 Å². The Kier molecular flexibility index (Phi) is 4.15. The van der Waals surface area contributed by atoms with E-state index in [-0.39, 0.29) is 11.5 Å². The molecule has 4 heteroatoms. The SMILES string of the molecule is CC(C)C[C@@H](O)[C@@H](N)c1ccc(O)cc1O. The highest BCUT2D eigenvalue weighted by Gasteiger charge is 2.20. The van der Waals surface area contributed by atoms with Crippen molar-refractivity contribution in [2.75, 3.05) is 0 Å². The Morgan fingerprint density at radius 2 is 1.88 bits per heavy atom. The molecule has 2 atom stereocenters. The highest BCUT2D eigenvalue weighted by atomic mass is 16.3. The Labute approximate surface area is 95.3 Å². The van der Waals surface area contributed by atoms with E-state index in [4.69, 9.17) is 10.8 Å². The van der Waals surface area contributed by atoms with Crippen LogP contribution in [0, 0.1) is 5.92 Å². The van der Waals surface area contributed by atoms with Crippen LogP contribution >= 0.6 is 0 Å². The minimum Gasteiger partial charge on any atom is -0.508 e. The van der Waals surface area contributed by atoms with Gasteiger partial charge in [0.1, 0.15) is 11.5 Å². The fourth-order valence-corrected chi connectivity index (χ4v) is 1.65. The van der Waals surface area contributed by atoms with Crippen LogP contribution in [0.3, 0.4) is 0 Å². The Morgan fingerprint density at radius 1 is 1.25 bits per heavy atom. The van der Waals surface area contributed by atoms with Crippen molar-refractivity contribution in [3.8, 4) is 11.5 Å². The van der Waals surface area contributed by atoms with Gasteiger partial charge in [-0.15, -0.1) is 0 Å². The molecule has 0 aromatic heterocycles. The third kappa shape index (κ3) is 3.12.